The van der Waals surface area contributed by atoms with Crippen LogP contribution < -0.4 is 10.1 Å². The molecule has 0 aliphatic carbocycles. The van der Waals surface area contributed by atoms with Crippen molar-refractivity contribution in [1.82, 2.24) is 5.32 Å². The summed E-state index contributed by atoms with van der Waals surface area (Å²) in [6, 6.07) is 8.71. The van der Waals surface area contributed by atoms with Gasteiger partial charge in [0.05, 0.1) is 6.61 Å². The molecule has 1 unspecified atom stereocenters. The fraction of sp³-hybridized carbons (Fsp3) is 0.647. The first-order chi connectivity index (χ1) is 9.83. The Balaban J connectivity index is 2.57. The van der Waals surface area contributed by atoms with E-state index in [1.165, 1.54) is 5.56 Å². The van der Waals surface area contributed by atoms with Gasteiger partial charge in [-0.05, 0) is 32.4 Å². The maximum absolute atomic E-state index is 5.93. The van der Waals surface area contributed by atoms with E-state index < -0.39 is 0 Å². The lowest BCUT2D eigenvalue weighted by Gasteiger charge is -2.20. The van der Waals surface area contributed by atoms with Crippen LogP contribution in [0.5, 0.6) is 5.75 Å². The minimum atomic E-state index is 0.373. The molecule has 0 radical (unpaired) electrons. The fourth-order valence-corrected chi connectivity index (χ4v) is 2.18. The minimum Gasteiger partial charge on any atom is -0.493 e. The molecule has 0 bridgehead atoms. The lowest BCUT2D eigenvalue weighted by Crippen LogP contribution is -2.22. The maximum atomic E-state index is 5.93. The van der Waals surface area contributed by atoms with Crippen LogP contribution in [0.4, 0.5) is 0 Å². The van der Waals surface area contributed by atoms with E-state index in [1.54, 1.807) is 0 Å². The summed E-state index contributed by atoms with van der Waals surface area (Å²) in [6.07, 6.45) is 3.15. The van der Waals surface area contributed by atoms with E-state index in [4.69, 9.17) is 9.47 Å². The second-order valence-electron chi connectivity index (χ2n) is 4.85. The van der Waals surface area contributed by atoms with Crippen molar-refractivity contribution in [3.63, 3.8) is 0 Å². The summed E-state index contributed by atoms with van der Waals surface area (Å²) in [5.41, 5.74) is 1.26. The molecule has 3 nitrogen and oxygen atoms in total. The van der Waals surface area contributed by atoms with Crippen molar-refractivity contribution in [2.75, 3.05) is 26.4 Å². The summed E-state index contributed by atoms with van der Waals surface area (Å²) < 4.78 is 11.3. The molecule has 1 N–H and O–H groups in total. The van der Waals surface area contributed by atoms with Gasteiger partial charge in [0, 0.05) is 31.2 Å². The summed E-state index contributed by atoms with van der Waals surface area (Å²) >= 11 is 0. The first-order valence-corrected chi connectivity index (χ1v) is 7.86. The van der Waals surface area contributed by atoms with Crippen molar-refractivity contribution >= 4 is 0 Å². The maximum Gasteiger partial charge on any atom is 0.124 e. The van der Waals surface area contributed by atoms with Gasteiger partial charge in [-0.2, -0.15) is 0 Å². The van der Waals surface area contributed by atoms with Gasteiger partial charge in [-0.25, -0.2) is 0 Å². The molecule has 1 rings (SSSR count). The molecule has 0 aromatic heterocycles. The summed E-state index contributed by atoms with van der Waals surface area (Å²) in [5.74, 6) is 0.999. The standard InChI is InChI=1S/C17H29NO2/c1-4-12-18-16(5-2)15-10-7-8-11-17(15)20-14-9-13-19-6-3/h7-8,10-11,16,18H,4-6,9,12-14H2,1-3H3. The highest BCUT2D eigenvalue weighted by Gasteiger charge is 2.13. The van der Waals surface area contributed by atoms with Gasteiger partial charge in [0.15, 0.2) is 0 Å². The van der Waals surface area contributed by atoms with Crippen molar-refractivity contribution in [1.29, 1.82) is 0 Å². The first-order valence-electron chi connectivity index (χ1n) is 7.86. The van der Waals surface area contributed by atoms with Gasteiger partial charge in [-0.1, -0.05) is 32.0 Å². The van der Waals surface area contributed by atoms with Gasteiger partial charge in [0.2, 0.25) is 0 Å². The Morgan fingerprint density at radius 2 is 1.90 bits per heavy atom. The lowest BCUT2D eigenvalue weighted by atomic mass is 10.0. The number of ether oxygens (including phenoxy) is 2. The Bertz CT molecular complexity index is 355. The molecule has 0 heterocycles. The molecule has 0 saturated carbocycles. The number of benzene rings is 1. The van der Waals surface area contributed by atoms with Gasteiger partial charge in [0.25, 0.3) is 0 Å². The van der Waals surface area contributed by atoms with Crippen LogP contribution in [0.25, 0.3) is 0 Å². The zero-order valence-electron chi connectivity index (χ0n) is 13.2. The van der Waals surface area contributed by atoms with Crippen LogP contribution in [-0.4, -0.2) is 26.4 Å². The predicted molar refractivity (Wildman–Crippen MR) is 84.4 cm³/mol. The molecular formula is C17H29NO2. The molecule has 0 fully saturated rings. The van der Waals surface area contributed by atoms with Crippen molar-refractivity contribution < 1.29 is 9.47 Å². The van der Waals surface area contributed by atoms with E-state index in [1.807, 2.05) is 13.0 Å². The van der Waals surface area contributed by atoms with E-state index in [-0.39, 0.29) is 0 Å². The van der Waals surface area contributed by atoms with Crippen LogP contribution in [0, 0.1) is 0 Å². The van der Waals surface area contributed by atoms with Crippen molar-refractivity contribution in [3.8, 4) is 5.75 Å². The molecular weight excluding hydrogens is 250 g/mol. The Kier molecular flexibility index (Phi) is 9.09. The molecule has 0 aliphatic heterocycles. The minimum absolute atomic E-state index is 0.373. The molecule has 1 aromatic carbocycles. The first kappa shape index (κ1) is 17.0. The normalized spacial score (nSPS) is 12.3. The van der Waals surface area contributed by atoms with Gasteiger partial charge in [-0.3, -0.25) is 0 Å². The smallest absolute Gasteiger partial charge is 0.124 e. The quantitative estimate of drug-likeness (QED) is 0.622. The monoisotopic (exact) mass is 279 g/mol. The van der Waals surface area contributed by atoms with E-state index in [0.717, 1.165) is 44.8 Å². The Morgan fingerprint density at radius 1 is 1.10 bits per heavy atom. The molecule has 0 aliphatic rings. The highest BCUT2D eigenvalue weighted by atomic mass is 16.5. The molecule has 1 atom stereocenters. The van der Waals surface area contributed by atoms with Crippen LogP contribution in [0.3, 0.4) is 0 Å². The second kappa shape index (κ2) is 10.7. The molecule has 1 aromatic rings. The summed E-state index contributed by atoms with van der Waals surface area (Å²) in [5, 5.41) is 3.58. The average molecular weight is 279 g/mol. The largest absolute Gasteiger partial charge is 0.493 e. The van der Waals surface area contributed by atoms with Crippen LogP contribution in [0.2, 0.25) is 0 Å². The third-order valence-corrected chi connectivity index (χ3v) is 3.24. The van der Waals surface area contributed by atoms with E-state index in [2.05, 4.69) is 37.4 Å². The molecule has 0 saturated heterocycles. The van der Waals surface area contributed by atoms with E-state index >= 15 is 0 Å². The summed E-state index contributed by atoms with van der Waals surface area (Å²) in [6.45, 7) is 9.70. The Labute approximate surface area is 123 Å². The SMILES string of the molecule is CCCNC(CC)c1ccccc1OCCCOCC. The molecule has 114 valence electrons. The zero-order valence-corrected chi connectivity index (χ0v) is 13.2. The number of hydrogen-bond acceptors (Lipinski definition) is 3. The highest BCUT2D eigenvalue weighted by molar-refractivity contribution is 5.35. The summed E-state index contributed by atoms with van der Waals surface area (Å²) in [7, 11) is 0. The topological polar surface area (TPSA) is 30.5 Å². The van der Waals surface area contributed by atoms with Crippen LogP contribution >= 0.6 is 0 Å². The number of para-hydroxylation sites is 1. The second-order valence-corrected chi connectivity index (χ2v) is 4.85. The Morgan fingerprint density at radius 3 is 2.60 bits per heavy atom. The van der Waals surface area contributed by atoms with Crippen LogP contribution in [0.1, 0.15) is 51.6 Å². The predicted octanol–water partition coefficient (Wildman–Crippen LogP) is 3.94. The van der Waals surface area contributed by atoms with Crippen molar-refractivity contribution in [2.24, 2.45) is 0 Å². The molecule has 0 spiro atoms. The van der Waals surface area contributed by atoms with Gasteiger partial charge in [0.1, 0.15) is 5.75 Å². The van der Waals surface area contributed by atoms with Crippen LogP contribution in [0.15, 0.2) is 24.3 Å². The summed E-state index contributed by atoms with van der Waals surface area (Å²) in [4.78, 5) is 0. The number of rotatable bonds is 11. The van der Waals surface area contributed by atoms with Gasteiger partial charge in [-0.15, -0.1) is 0 Å². The molecule has 0 amide bonds. The number of hydrogen-bond donors (Lipinski definition) is 1. The van der Waals surface area contributed by atoms with Gasteiger partial charge < -0.3 is 14.8 Å². The third kappa shape index (κ3) is 5.93. The Hall–Kier alpha value is -1.06. The van der Waals surface area contributed by atoms with Crippen LogP contribution in [-0.2, 0) is 4.74 Å². The average Bonchev–Trinajstić information content (AvgIpc) is 2.49. The zero-order chi connectivity index (χ0) is 14.6. The van der Waals surface area contributed by atoms with Gasteiger partial charge >= 0.3 is 0 Å². The fourth-order valence-electron chi connectivity index (χ4n) is 2.18. The highest BCUT2D eigenvalue weighted by Crippen LogP contribution is 2.27. The van der Waals surface area contributed by atoms with E-state index in [0.29, 0.717) is 12.6 Å². The lowest BCUT2D eigenvalue weighted by molar-refractivity contribution is 0.130. The number of nitrogens with one attached hydrogen (secondary N) is 1. The van der Waals surface area contributed by atoms with Crippen molar-refractivity contribution in [2.45, 2.75) is 46.1 Å². The molecule has 3 heteroatoms. The van der Waals surface area contributed by atoms with Crippen molar-refractivity contribution in [3.05, 3.63) is 29.8 Å². The third-order valence-electron chi connectivity index (χ3n) is 3.24. The molecule has 20 heavy (non-hydrogen) atoms. The van der Waals surface area contributed by atoms with E-state index in [9.17, 15) is 0 Å².